The highest BCUT2D eigenvalue weighted by Crippen LogP contribution is 2.31. The quantitative estimate of drug-likeness (QED) is 0.296. The van der Waals surface area contributed by atoms with Crippen LogP contribution < -0.4 is 0 Å². The van der Waals surface area contributed by atoms with Gasteiger partial charge in [-0.1, -0.05) is 60.5 Å². The summed E-state index contributed by atoms with van der Waals surface area (Å²) in [6.45, 7) is 6.73. The molecule has 0 bridgehead atoms. The zero-order valence-corrected chi connectivity index (χ0v) is 17.6. The standard InChI is InChI=1S/C19H19Cl2N3S2/c1-3-5-15-10-14(12-25-15)18-22-23-19(24(18)8-4-2)26-11-13-6-7-16(20)17(21)9-13/h4,6-7,9-10,12H,2-3,5,8,11H2,1H3. The van der Waals surface area contributed by atoms with Gasteiger partial charge in [-0.15, -0.1) is 28.1 Å². The summed E-state index contributed by atoms with van der Waals surface area (Å²) in [5.41, 5.74) is 2.22. The third-order valence-corrected chi connectivity index (χ3v) is 6.56. The lowest BCUT2D eigenvalue weighted by atomic mass is 10.2. The lowest BCUT2D eigenvalue weighted by molar-refractivity contribution is 0.731. The van der Waals surface area contributed by atoms with E-state index in [-0.39, 0.29) is 0 Å². The molecule has 136 valence electrons. The van der Waals surface area contributed by atoms with Gasteiger partial charge in [0.25, 0.3) is 0 Å². The molecule has 0 fully saturated rings. The number of aromatic nitrogens is 3. The Kier molecular flexibility index (Phi) is 6.81. The molecule has 7 heteroatoms. The maximum Gasteiger partial charge on any atom is 0.192 e. The van der Waals surface area contributed by atoms with Crippen LogP contribution in [0.5, 0.6) is 0 Å². The number of aryl methyl sites for hydroxylation is 1. The summed E-state index contributed by atoms with van der Waals surface area (Å²) >= 11 is 15.5. The minimum Gasteiger partial charge on any atom is -0.298 e. The second-order valence-electron chi connectivity index (χ2n) is 5.79. The summed E-state index contributed by atoms with van der Waals surface area (Å²) in [7, 11) is 0. The van der Waals surface area contributed by atoms with Crippen LogP contribution in [0.3, 0.4) is 0 Å². The van der Waals surface area contributed by atoms with Gasteiger partial charge >= 0.3 is 0 Å². The molecule has 0 atom stereocenters. The minimum absolute atomic E-state index is 0.567. The Morgan fingerprint density at radius 3 is 2.81 bits per heavy atom. The Morgan fingerprint density at radius 1 is 1.23 bits per heavy atom. The van der Waals surface area contributed by atoms with E-state index < -0.39 is 0 Å². The van der Waals surface area contributed by atoms with E-state index in [1.54, 1.807) is 23.1 Å². The molecule has 2 aromatic heterocycles. The predicted molar refractivity (Wildman–Crippen MR) is 114 cm³/mol. The molecule has 1 aromatic carbocycles. The molecule has 0 amide bonds. The van der Waals surface area contributed by atoms with E-state index in [0.29, 0.717) is 16.6 Å². The molecule has 0 spiro atoms. The van der Waals surface area contributed by atoms with Crippen LogP contribution in [0.1, 0.15) is 23.8 Å². The second-order valence-corrected chi connectivity index (χ2v) is 8.55. The van der Waals surface area contributed by atoms with Gasteiger partial charge in [0.2, 0.25) is 0 Å². The fraction of sp³-hybridized carbons (Fsp3) is 0.263. The maximum absolute atomic E-state index is 6.10. The van der Waals surface area contributed by atoms with E-state index in [4.69, 9.17) is 23.2 Å². The van der Waals surface area contributed by atoms with Crippen molar-refractivity contribution < 1.29 is 0 Å². The van der Waals surface area contributed by atoms with Crippen LogP contribution in [-0.2, 0) is 18.7 Å². The molecule has 0 aliphatic rings. The molecular formula is C19H19Cl2N3S2. The Morgan fingerprint density at radius 2 is 2.08 bits per heavy atom. The van der Waals surface area contributed by atoms with Crippen molar-refractivity contribution in [2.75, 3.05) is 0 Å². The van der Waals surface area contributed by atoms with Gasteiger partial charge in [0.1, 0.15) is 0 Å². The summed E-state index contributed by atoms with van der Waals surface area (Å²) in [6, 6.07) is 7.90. The molecular weight excluding hydrogens is 405 g/mol. The van der Waals surface area contributed by atoms with Crippen molar-refractivity contribution in [3.63, 3.8) is 0 Å². The van der Waals surface area contributed by atoms with E-state index in [2.05, 4.69) is 39.7 Å². The molecule has 0 radical (unpaired) electrons. The summed E-state index contributed by atoms with van der Waals surface area (Å²) in [6.07, 6.45) is 4.11. The number of allylic oxidation sites excluding steroid dienone is 1. The van der Waals surface area contributed by atoms with E-state index >= 15 is 0 Å². The molecule has 0 aliphatic heterocycles. The molecule has 3 rings (SSSR count). The number of halogens is 2. The van der Waals surface area contributed by atoms with Crippen molar-refractivity contribution in [2.24, 2.45) is 0 Å². The lowest BCUT2D eigenvalue weighted by Crippen LogP contribution is -2.00. The number of thiophene rings is 1. The van der Waals surface area contributed by atoms with Crippen LogP contribution in [0.2, 0.25) is 10.0 Å². The summed E-state index contributed by atoms with van der Waals surface area (Å²) in [5.74, 6) is 1.64. The molecule has 26 heavy (non-hydrogen) atoms. The zero-order chi connectivity index (χ0) is 18.5. The predicted octanol–water partition coefficient (Wildman–Crippen LogP) is 6.74. The fourth-order valence-electron chi connectivity index (χ4n) is 2.56. The lowest BCUT2D eigenvalue weighted by Gasteiger charge is -2.07. The first-order chi connectivity index (χ1) is 12.6. The molecule has 2 heterocycles. The van der Waals surface area contributed by atoms with Crippen molar-refractivity contribution in [1.29, 1.82) is 0 Å². The molecule has 0 N–H and O–H groups in total. The fourth-order valence-corrected chi connectivity index (χ4v) is 4.74. The monoisotopic (exact) mass is 423 g/mol. The van der Waals surface area contributed by atoms with Crippen molar-refractivity contribution in [3.05, 3.63) is 62.8 Å². The van der Waals surface area contributed by atoms with Crippen LogP contribution in [0.25, 0.3) is 11.4 Å². The van der Waals surface area contributed by atoms with Gasteiger partial charge in [-0.25, -0.2) is 0 Å². The molecule has 3 nitrogen and oxygen atoms in total. The van der Waals surface area contributed by atoms with Crippen molar-refractivity contribution in [3.8, 4) is 11.4 Å². The van der Waals surface area contributed by atoms with Crippen LogP contribution >= 0.6 is 46.3 Å². The molecule has 3 aromatic rings. The van der Waals surface area contributed by atoms with Gasteiger partial charge in [0.15, 0.2) is 11.0 Å². The number of rotatable bonds is 8. The molecule has 0 unspecified atom stereocenters. The Hall–Kier alpha value is -1.27. The van der Waals surface area contributed by atoms with Gasteiger partial charge in [-0.2, -0.15) is 0 Å². The maximum atomic E-state index is 6.10. The number of benzene rings is 1. The largest absolute Gasteiger partial charge is 0.298 e. The highest BCUT2D eigenvalue weighted by molar-refractivity contribution is 7.98. The molecule has 0 saturated heterocycles. The van der Waals surface area contributed by atoms with Gasteiger partial charge < -0.3 is 0 Å². The summed E-state index contributed by atoms with van der Waals surface area (Å²) in [4.78, 5) is 1.38. The third kappa shape index (κ3) is 4.52. The average Bonchev–Trinajstić information content (AvgIpc) is 3.24. The average molecular weight is 424 g/mol. The third-order valence-electron chi connectivity index (χ3n) is 3.79. The Bertz CT molecular complexity index is 902. The second kappa shape index (κ2) is 9.09. The smallest absolute Gasteiger partial charge is 0.192 e. The SMILES string of the molecule is C=CCn1c(SCc2ccc(Cl)c(Cl)c2)nnc1-c1csc(CCC)c1. The number of hydrogen-bond donors (Lipinski definition) is 0. The van der Waals surface area contributed by atoms with Crippen molar-refractivity contribution in [2.45, 2.75) is 37.2 Å². The number of thioether (sulfide) groups is 1. The number of nitrogens with zero attached hydrogens (tertiary/aromatic N) is 3. The molecule has 0 saturated carbocycles. The summed E-state index contributed by atoms with van der Waals surface area (Å²) < 4.78 is 2.10. The number of hydrogen-bond acceptors (Lipinski definition) is 4. The van der Waals surface area contributed by atoms with Gasteiger partial charge in [0, 0.05) is 28.1 Å². The van der Waals surface area contributed by atoms with Crippen LogP contribution in [0, 0.1) is 0 Å². The minimum atomic E-state index is 0.567. The van der Waals surface area contributed by atoms with Gasteiger partial charge in [-0.05, 0) is 30.2 Å². The van der Waals surface area contributed by atoms with Crippen molar-refractivity contribution >= 4 is 46.3 Å². The van der Waals surface area contributed by atoms with Gasteiger partial charge in [0.05, 0.1) is 10.0 Å². The Labute approximate surface area is 172 Å². The van der Waals surface area contributed by atoms with E-state index in [0.717, 1.165) is 40.7 Å². The van der Waals surface area contributed by atoms with Crippen LogP contribution in [0.15, 0.2) is 47.5 Å². The van der Waals surface area contributed by atoms with E-state index in [9.17, 15) is 0 Å². The van der Waals surface area contributed by atoms with Gasteiger partial charge in [-0.3, -0.25) is 4.57 Å². The van der Waals surface area contributed by atoms with E-state index in [1.807, 2.05) is 24.3 Å². The Balaban J connectivity index is 1.81. The highest BCUT2D eigenvalue weighted by Gasteiger charge is 2.15. The topological polar surface area (TPSA) is 30.7 Å². The normalized spacial score (nSPS) is 11.0. The van der Waals surface area contributed by atoms with E-state index in [1.165, 1.54) is 4.88 Å². The first-order valence-corrected chi connectivity index (χ1v) is 10.9. The highest BCUT2D eigenvalue weighted by atomic mass is 35.5. The first-order valence-electron chi connectivity index (χ1n) is 8.31. The van der Waals surface area contributed by atoms with Crippen molar-refractivity contribution in [1.82, 2.24) is 14.8 Å². The first kappa shape index (κ1) is 19.5. The van der Waals surface area contributed by atoms with Crippen LogP contribution in [0.4, 0.5) is 0 Å². The van der Waals surface area contributed by atoms with Crippen LogP contribution in [-0.4, -0.2) is 14.8 Å². The zero-order valence-electron chi connectivity index (χ0n) is 14.4. The summed E-state index contributed by atoms with van der Waals surface area (Å²) in [5, 5.41) is 13.0. The molecule has 0 aliphatic carbocycles.